The predicted octanol–water partition coefficient (Wildman–Crippen LogP) is 0.379. The van der Waals surface area contributed by atoms with Gasteiger partial charge in [-0.15, -0.1) is 0 Å². The van der Waals surface area contributed by atoms with Crippen LogP contribution >= 0.6 is 0 Å². The van der Waals surface area contributed by atoms with E-state index in [9.17, 15) is 4.79 Å². The third-order valence-corrected chi connectivity index (χ3v) is 2.96. The molecule has 0 radical (unpaired) electrons. The minimum atomic E-state index is 0.164. The fourth-order valence-electron chi connectivity index (χ4n) is 1.86. The van der Waals surface area contributed by atoms with Gasteiger partial charge in [0, 0.05) is 33.2 Å². The third kappa shape index (κ3) is 6.00. The van der Waals surface area contributed by atoms with Gasteiger partial charge in [-0.25, -0.2) is 0 Å². The molecule has 1 atom stereocenters. The van der Waals surface area contributed by atoms with Gasteiger partial charge in [0.15, 0.2) is 0 Å². The van der Waals surface area contributed by atoms with Crippen LogP contribution in [0, 0.1) is 0 Å². The molecule has 0 saturated carbocycles. The Hall–Kier alpha value is -0.650. The number of amides is 1. The maximum atomic E-state index is 11.8. The molecule has 1 heterocycles. The van der Waals surface area contributed by atoms with Crippen molar-refractivity contribution in [3.63, 3.8) is 0 Å². The highest BCUT2D eigenvalue weighted by Crippen LogP contribution is 2.17. The summed E-state index contributed by atoms with van der Waals surface area (Å²) in [5, 5.41) is 0. The molecule has 2 N–H and O–H groups in total. The van der Waals surface area contributed by atoms with Crippen LogP contribution in [0.25, 0.3) is 0 Å². The highest BCUT2D eigenvalue weighted by atomic mass is 16.5. The van der Waals surface area contributed by atoms with Crippen molar-refractivity contribution >= 4 is 5.91 Å². The van der Waals surface area contributed by atoms with Gasteiger partial charge in [-0.1, -0.05) is 0 Å². The van der Waals surface area contributed by atoms with Crippen LogP contribution in [0.15, 0.2) is 0 Å². The smallest absolute Gasteiger partial charge is 0.222 e. The summed E-state index contributed by atoms with van der Waals surface area (Å²) >= 11 is 0. The third-order valence-electron chi connectivity index (χ3n) is 2.96. The number of nitrogens with zero attached hydrogens (tertiary/aromatic N) is 1. The SMILES string of the molecule is CN(CCOCCN)C(=O)CCC1CCCO1. The van der Waals surface area contributed by atoms with E-state index in [1.807, 2.05) is 7.05 Å². The number of carbonyl (C=O) groups is 1. The van der Waals surface area contributed by atoms with E-state index >= 15 is 0 Å². The first-order chi connectivity index (χ1) is 8.24. The standard InChI is InChI=1S/C12H24N2O3/c1-14(7-10-16-9-6-13)12(15)5-4-11-3-2-8-17-11/h11H,2-10,13H2,1H3. The van der Waals surface area contributed by atoms with Crippen molar-refractivity contribution in [3.8, 4) is 0 Å². The number of ether oxygens (including phenoxy) is 2. The van der Waals surface area contributed by atoms with E-state index in [1.165, 1.54) is 0 Å². The van der Waals surface area contributed by atoms with Crippen molar-refractivity contribution in [2.45, 2.75) is 31.8 Å². The van der Waals surface area contributed by atoms with E-state index < -0.39 is 0 Å². The molecule has 0 aliphatic carbocycles. The molecule has 0 aromatic heterocycles. The zero-order valence-corrected chi connectivity index (χ0v) is 10.7. The molecule has 1 amide bonds. The van der Waals surface area contributed by atoms with Crippen LogP contribution in [0.1, 0.15) is 25.7 Å². The van der Waals surface area contributed by atoms with Crippen molar-refractivity contribution in [3.05, 3.63) is 0 Å². The molecule has 17 heavy (non-hydrogen) atoms. The molecular weight excluding hydrogens is 220 g/mol. The van der Waals surface area contributed by atoms with Crippen molar-refractivity contribution in [1.82, 2.24) is 4.90 Å². The lowest BCUT2D eigenvalue weighted by Crippen LogP contribution is -2.31. The highest BCUT2D eigenvalue weighted by molar-refractivity contribution is 5.75. The van der Waals surface area contributed by atoms with E-state index in [4.69, 9.17) is 15.2 Å². The fraction of sp³-hybridized carbons (Fsp3) is 0.917. The summed E-state index contributed by atoms with van der Waals surface area (Å²) in [7, 11) is 1.81. The fourth-order valence-corrected chi connectivity index (χ4v) is 1.86. The molecule has 5 nitrogen and oxygen atoms in total. The Morgan fingerprint density at radius 1 is 1.53 bits per heavy atom. The molecule has 1 aliphatic heterocycles. The Balaban J connectivity index is 2.04. The summed E-state index contributed by atoms with van der Waals surface area (Å²) in [6.07, 6.45) is 3.92. The molecule has 0 aromatic carbocycles. The zero-order chi connectivity index (χ0) is 12.5. The van der Waals surface area contributed by atoms with Gasteiger partial charge in [0.25, 0.3) is 0 Å². The quantitative estimate of drug-likeness (QED) is 0.627. The molecule has 100 valence electrons. The van der Waals surface area contributed by atoms with Crippen LogP contribution < -0.4 is 5.73 Å². The van der Waals surface area contributed by atoms with Gasteiger partial charge >= 0.3 is 0 Å². The normalized spacial score (nSPS) is 19.5. The maximum Gasteiger partial charge on any atom is 0.222 e. The van der Waals surface area contributed by atoms with Crippen LogP contribution in [0.2, 0.25) is 0 Å². The van der Waals surface area contributed by atoms with Crippen molar-refractivity contribution < 1.29 is 14.3 Å². The van der Waals surface area contributed by atoms with Gasteiger partial charge in [-0.3, -0.25) is 4.79 Å². The Bertz CT molecular complexity index is 218. The minimum absolute atomic E-state index is 0.164. The van der Waals surface area contributed by atoms with E-state index in [0.717, 1.165) is 25.9 Å². The first-order valence-corrected chi connectivity index (χ1v) is 6.37. The average Bonchev–Trinajstić information content (AvgIpc) is 2.84. The molecule has 1 unspecified atom stereocenters. The number of hydrogen-bond acceptors (Lipinski definition) is 4. The molecule has 1 rings (SSSR count). The number of carbonyl (C=O) groups excluding carboxylic acids is 1. The number of rotatable bonds is 8. The van der Waals surface area contributed by atoms with Gasteiger partial charge in [0.05, 0.1) is 19.3 Å². The topological polar surface area (TPSA) is 64.8 Å². The second kappa shape index (κ2) is 8.44. The summed E-state index contributed by atoms with van der Waals surface area (Å²) in [5.41, 5.74) is 5.30. The van der Waals surface area contributed by atoms with Gasteiger partial charge in [-0.2, -0.15) is 0 Å². The second-order valence-electron chi connectivity index (χ2n) is 4.39. The highest BCUT2D eigenvalue weighted by Gasteiger charge is 2.17. The summed E-state index contributed by atoms with van der Waals surface area (Å²) in [6, 6.07) is 0. The van der Waals surface area contributed by atoms with Crippen LogP contribution in [-0.2, 0) is 14.3 Å². The maximum absolute atomic E-state index is 11.8. The Labute approximate surface area is 103 Å². The Kier molecular flexibility index (Phi) is 7.16. The first-order valence-electron chi connectivity index (χ1n) is 6.37. The van der Waals surface area contributed by atoms with E-state index in [-0.39, 0.29) is 5.91 Å². The van der Waals surface area contributed by atoms with E-state index in [1.54, 1.807) is 4.90 Å². The average molecular weight is 244 g/mol. The molecule has 1 fully saturated rings. The molecule has 0 aromatic rings. The molecule has 1 saturated heterocycles. The van der Waals surface area contributed by atoms with Gasteiger partial charge in [0.1, 0.15) is 0 Å². The largest absolute Gasteiger partial charge is 0.378 e. The van der Waals surface area contributed by atoms with Crippen LogP contribution in [0.4, 0.5) is 0 Å². The summed E-state index contributed by atoms with van der Waals surface area (Å²) in [4.78, 5) is 13.5. The van der Waals surface area contributed by atoms with E-state index in [0.29, 0.717) is 38.8 Å². The molecular formula is C12H24N2O3. The Morgan fingerprint density at radius 3 is 3.00 bits per heavy atom. The molecule has 5 heteroatoms. The number of nitrogens with two attached hydrogens (primary N) is 1. The first kappa shape index (κ1) is 14.4. The molecule has 0 bridgehead atoms. The summed E-state index contributed by atoms with van der Waals surface area (Å²) in [6.45, 7) is 3.11. The number of likely N-dealkylation sites (N-methyl/N-ethyl adjacent to an activating group) is 1. The van der Waals surface area contributed by atoms with Gasteiger partial charge in [0.2, 0.25) is 5.91 Å². The number of hydrogen-bond donors (Lipinski definition) is 1. The van der Waals surface area contributed by atoms with Crippen LogP contribution in [-0.4, -0.2) is 56.9 Å². The minimum Gasteiger partial charge on any atom is -0.378 e. The lowest BCUT2D eigenvalue weighted by atomic mass is 10.1. The van der Waals surface area contributed by atoms with Crippen molar-refractivity contribution in [1.29, 1.82) is 0 Å². The summed E-state index contributed by atoms with van der Waals surface area (Å²) < 4.78 is 10.7. The second-order valence-corrected chi connectivity index (χ2v) is 4.39. The van der Waals surface area contributed by atoms with Gasteiger partial charge in [-0.05, 0) is 19.3 Å². The lowest BCUT2D eigenvalue weighted by Gasteiger charge is -2.18. The Morgan fingerprint density at radius 2 is 2.35 bits per heavy atom. The molecule has 0 spiro atoms. The summed E-state index contributed by atoms with van der Waals surface area (Å²) in [5.74, 6) is 0.164. The van der Waals surface area contributed by atoms with Crippen molar-refractivity contribution in [2.24, 2.45) is 5.73 Å². The van der Waals surface area contributed by atoms with Crippen molar-refractivity contribution in [2.75, 3.05) is 40.0 Å². The lowest BCUT2D eigenvalue weighted by molar-refractivity contribution is -0.131. The monoisotopic (exact) mass is 244 g/mol. The predicted molar refractivity (Wildman–Crippen MR) is 65.7 cm³/mol. The van der Waals surface area contributed by atoms with Gasteiger partial charge < -0.3 is 20.1 Å². The molecule has 1 aliphatic rings. The van der Waals surface area contributed by atoms with Crippen LogP contribution in [0.5, 0.6) is 0 Å². The zero-order valence-electron chi connectivity index (χ0n) is 10.7. The van der Waals surface area contributed by atoms with E-state index in [2.05, 4.69) is 0 Å². The van der Waals surface area contributed by atoms with Crippen LogP contribution in [0.3, 0.4) is 0 Å².